The standard InChI is InChI=1S/C15H17BrFN3/c1-20(10-11-2-4-14(17)5-3-11)15(7-18)12-6-13(16)9-19-8-12/h2-6,8-9,15H,7,10,18H2,1H3. The average molecular weight is 338 g/mol. The van der Waals surface area contributed by atoms with Crippen LogP contribution in [0.2, 0.25) is 0 Å². The zero-order valence-electron chi connectivity index (χ0n) is 11.3. The fraction of sp³-hybridized carbons (Fsp3) is 0.267. The molecular formula is C15H17BrFN3. The molecule has 0 spiro atoms. The molecule has 106 valence electrons. The van der Waals surface area contributed by atoms with Crippen LogP contribution in [0.3, 0.4) is 0 Å². The number of likely N-dealkylation sites (N-methyl/N-ethyl adjacent to an activating group) is 1. The summed E-state index contributed by atoms with van der Waals surface area (Å²) in [6, 6.07) is 8.62. The van der Waals surface area contributed by atoms with E-state index < -0.39 is 0 Å². The van der Waals surface area contributed by atoms with Crippen molar-refractivity contribution in [2.75, 3.05) is 13.6 Å². The van der Waals surface area contributed by atoms with E-state index in [0.29, 0.717) is 13.1 Å². The first kappa shape index (κ1) is 15.1. The summed E-state index contributed by atoms with van der Waals surface area (Å²) in [4.78, 5) is 6.31. The summed E-state index contributed by atoms with van der Waals surface area (Å²) in [5.74, 6) is -0.219. The smallest absolute Gasteiger partial charge is 0.123 e. The molecule has 2 rings (SSSR count). The minimum absolute atomic E-state index is 0.0741. The van der Waals surface area contributed by atoms with E-state index >= 15 is 0 Å². The number of aromatic nitrogens is 1. The summed E-state index contributed by atoms with van der Waals surface area (Å²) < 4.78 is 13.8. The molecule has 20 heavy (non-hydrogen) atoms. The van der Waals surface area contributed by atoms with Crippen molar-refractivity contribution in [2.24, 2.45) is 5.73 Å². The Morgan fingerprint density at radius 3 is 2.60 bits per heavy atom. The lowest BCUT2D eigenvalue weighted by Gasteiger charge is -2.27. The molecule has 2 aromatic rings. The molecule has 0 aliphatic rings. The van der Waals surface area contributed by atoms with Gasteiger partial charge in [-0.3, -0.25) is 9.88 Å². The van der Waals surface area contributed by atoms with Crippen LogP contribution in [0.25, 0.3) is 0 Å². The van der Waals surface area contributed by atoms with Gasteiger partial charge in [0.1, 0.15) is 5.82 Å². The predicted octanol–water partition coefficient (Wildman–Crippen LogP) is 3.12. The highest BCUT2D eigenvalue weighted by Crippen LogP contribution is 2.22. The first-order valence-electron chi connectivity index (χ1n) is 6.35. The van der Waals surface area contributed by atoms with Gasteiger partial charge < -0.3 is 5.73 Å². The van der Waals surface area contributed by atoms with Crippen LogP contribution in [-0.2, 0) is 6.54 Å². The van der Waals surface area contributed by atoms with Gasteiger partial charge in [0.25, 0.3) is 0 Å². The van der Waals surface area contributed by atoms with Crippen molar-refractivity contribution in [1.82, 2.24) is 9.88 Å². The topological polar surface area (TPSA) is 42.1 Å². The van der Waals surface area contributed by atoms with Gasteiger partial charge in [-0.25, -0.2) is 4.39 Å². The van der Waals surface area contributed by atoms with Crippen molar-refractivity contribution >= 4 is 15.9 Å². The van der Waals surface area contributed by atoms with Crippen LogP contribution in [0.4, 0.5) is 4.39 Å². The van der Waals surface area contributed by atoms with Crippen molar-refractivity contribution in [3.8, 4) is 0 Å². The molecule has 0 aliphatic carbocycles. The van der Waals surface area contributed by atoms with E-state index in [2.05, 4.69) is 25.8 Å². The molecule has 5 heteroatoms. The number of hydrogen-bond acceptors (Lipinski definition) is 3. The third-order valence-corrected chi connectivity index (χ3v) is 3.65. The number of hydrogen-bond donors (Lipinski definition) is 1. The van der Waals surface area contributed by atoms with Crippen molar-refractivity contribution in [3.05, 3.63) is 64.1 Å². The molecule has 1 atom stereocenters. The number of rotatable bonds is 5. The fourth-order valence-corrected chi connectivity index (χ4v) is 2.55. The normalized spacial score (nSPS) is 12.7. The number of benzene rings is 1. The lowest BCUT2D eigenvalue weighted by molar-refractivity contribution is 0.241. The monoisotopic (exact) mass is 337 g/mol. The molecule has 1 unspecified atom stereocenters. The molecule has 0 bridgehead atoms. The Balaban J connectivity index is 2.13. The molecular weight excluding hydrogens is 321 g/mol. The van der Waals surface area contributed by atoms with E-state index in [1.807, 2.05) is 19.3 Å². The number of halogens is 2. The van der Waals surface area contributed by atoms with E-state index in [1.54, 1.807) is 18.3 Å². The highest BCUT2D eigenvalue weighted by Gasteiger charge is 2.16. The van der Waals surface area contributed by atoms with E-state index in [-0.39, 0.29) is 11.9 Å². The molecule has 0 fully saturated rings. The summed E-state index contributed by atoms with van der Waals surface area (Å²) in [6.45, 7) is 1.20. The fourth-order valence-electron chi connectivity index (χ4n) is 2.17. The number of pyridine rings is 1. The zero-order valence-corrected chi connectivity index (χ0v) is 12.8. The van der Waals surface area contributed by atoms with Gasteiger partial charge in [-0.15, -0.1) is 0 Å². The molecule has 0 aliphatic heterocycles. The highest BCUT2D eigenvalue weighted by atomic mass is 79.9. The van der Waals surface area contributed by atoms with Gasteiger partial charge in [-0.05, 0) is 52.3 Å². The molecule has 1 heterocycles. The summed E-state index contributed by atoms with van der Waals surface area (Å²) in [5.41, 5.74) is 8.00. The summed E-state index contributed by atoms with van der Waals surface area (Å²) in [6.07, 6.45) is 3.57. The first-order chi connectivity index (χ1) is 9.60. The van der Waals surface area contributed by atoms with Gasteiger partial charge >= 0.3 is 0 Å². The van der Waals surface area contributed by atoms with Crippen LogP contribution in [0.5, 0.6) is 0 Å². The van der Waals surface area contributed by atoms with Crippen molar-refractivity contribution in [2.45, 2.75) is 12.6 Å². The maximum atomic E-state index is 12.9. The Kier molecular flexibility index (Phi) is 5.23. The highest BCUT2D eigenvalue weighted by molar-refractivity contribution is 9.10. The van der Waals surface area contributed by atoms with E-state index in [0.717, 1.165) is 15.6 Å². The van der Waals surface area contributed by atoms with Crippen LogP contribution < -0.4 is 5.73 Å². The van der Waals surface area contributed by atoms with Gasteiger partial charge in [0, 0.05) is 36.0 Å². The van der Waals surface area contributed by atoms with E-state index in [4.69, 9.17) is 5.73 Å². The van der Waals surface area contributed by atoms with Gasteiger partial charge in [-0.1, -0.05) is 12.1 Å². The van der Waals surface area contributed by atoms with Crippen LogP contribution in [-0.4, -0.2) is 23.5 Å². The second-order valence-electron chi connectivity index (χ2n) is 4.73. The number of nitrogens with zero attached hydrogens (tertiary/aromatic N) is 2. The minimum atomic E-state index is -0.219. The minimum Gasteiger partial charge on any atom is -0.329 e. The molecule has 1 aromatic carbocycles. The SMILES string of the molecule is CN(Cc1ccc(F)cc1)C(CN)c1cncc(Br)c1. The summed E-state index contributed by atoms with van der Waals surface area (Å²) in [5, 5.41) is 0. The Labute approximate surface area is 126 Å². The van der Waals surface area contributed by atoms with Crippen LogP contribution in [0.1, 0.15) is 17.2 Å². The second kappa shape index (κ2) is 6.92. The molecule has 3 nitrogen and oxygen atoms in total. The number of nitrogens with two attached hydrogens (primary N) is 1. The quantitative estimate of drug-likeness (QED) is 0.911. The maximum absolute atomic E-state index is 12.9. The van der Waals surface area contributed by atoms with E-state index in [1.165, 1.54) is 12.1 Å². The molecule has 0 saturated heterocycles. The van der Waals surface area contributed by atoms with Gasteiger partial charge in [0.05, 0.1) is 0 Å². The lowest BCUT2D eigenvalue weighted by Crippen LogP contribution is -2.30. The third kappa shape index (κ3) is 3.85. The third-order valence-electron chi connectivity index (χ3n) is 3.21. The summed E-state index contributed by atoms with van der Waals surface area (Å²) >= 11 is 3.42. The Morgan fingerprint density at radius 1 is 1.30 bits per heavy atom. The zero-order chi connectivity index (χ0) is 14.5. The predicted molar refractivity (Wildman–Crippen MR) is 81.6 cm³/mol. The molecule has 0 saturated carbocycles. The molecule has 0 radical (unpaired) electrons. The van der Waals surface area contributed by atoms with Gasteiger partial charge in [0.15, 0.2) is 0 Å². The summed E-state index contributed by atoms with van der Waals surface area (Å²) in [7, 11) is 2.00. The van der Waals surface area contributed by atoms with Crippen molar-refractivity contribution in [3.63, 3.8) is 0 Å². The maximum Gasteiger partial charge on any atom is 0.123 e. The second-order valence-corrected chi connectivity index (χ2v) is 5.65. The Bertz CT molecular complexity index is 559. The van der Waals surface area contributed by atoms with Crippen molar-refractivity contribution in [1.29, 1.82) is 0 Å². The molecule has 0 amide bonds. The molecule has 2 N–H and O–H groups in total. The first-order valence-corrected chi connectivity index (χ1v) is 7.14. The van der Waals surface area contributed by atoms with Gasteiger partial charge in [-0.2, -0.15) is 0 Å². The van der Waals surface area contributed by atoms with Crippen LogP contribution in [0.15, 0.2) is 47.2 Å². The Hall–Kier alpha value is -1.30. The van der Waals surface area contributed by atoms with Crippen LogP contribution >= 0.6 is 15.9 Å². The van der Waals surface area contributed by atoms with E-state index in [9.17, 15) is 4.39 Å². The Morgan fingerprint density at radius 2 is 2.00 bits per heavy atom. The van der Waals surface area contributed by atoms with Crippen molar-refractivity contribution < 1.29 is 4.39 Å². The average Bonchev–Trinajstić information content (AvgIpc) is 2.42. The van der Waals surface area contributed by atoms with Crippen LogP contribution in [0, 0.1) is 5.82 Å². The van der Waals surface area contributed by atoms with Gasteiger partial charge in [0.2, 0.25) is 0 Å². The molecule has 1 aromatic heterocycles. The lowest BCUT2D eigenvalue weighted by atomic mass is 10.1. The largest absolute Gasteiger partial charge is 0.329 e.